The summed E-state index contributed by atoms with van der Waals surface area (Å²) >= 11 is 6.51. The molecule has 0 amide bonds. The van der Waals surface area contributed by atoms with Gasteiger partial charge < -0.3 is 20.0 Å². The molecule has 3 aromatic rings. The fourth-order valence-corrected chi connectivity index (χ4v) is 5.30. The molecule has 1 aliphatic rings. The van der Waals surface area contributed by atoms with Crippen molar-refractivity contribution in [1.82, 2.24) is 24.2 Å². The van der Waals surface area contributed by atoms with E-state index in [1.54, 1.807) is 12.1 Å². The lowest BCUT2D eigenvalue weighted by Gasteiger charge is -2.30. The highest BCUT2D eigenvalue weighted by Gasteiger charge is 2.27. The van der Waals surface area contributed by atoms with Gasteiger partial charge in [0.25, 0.3) is 0 Å². The topological polar surface area (TPSA) is 113 Å². The Kier molecular flexibility index (Phi) is 7.44. The molecule has 2 N–H and O–H groups in total. The van der Waals surface area contributed by atoms with Gasteiger partial charge in [-0.05, 0) is 50.1 Å². The third-order valence-corrected chi connectivity index (χ3v) is 7.65. The first-order chi connectivity index (χ1) is 16.7. The number of piperidine rings is 1. The molecule has 1 atom stereocenters. The van der Waals surface area contributed by atoms with Gasteiger partial charge in [-0.25, -0.2) is 17.7 Å². The second-order valence-electron chi connectivity index (χ2n) is 8.62. The van der Waals surface area contributed by atoms with Crippen LogP contribution in [0.15, 0.2) is 42.6 Å². The van der Waals surface area contributed by atoms with E-state index in [9.17, 15) is 8.42 Å². The molecule has 35 heavy (non-hydrogen) atoms. The maximum Gasteiger partial charge on any atom is 0.226 e. The summed E-state index contributed by atoms with van der Waals surface area (Å²) in [7, 11) is -1.28. The molecule has 2 aromatic heterocycles. The number of allylic oxidation sites excluding steroid dienone is 1. The Labute approximate surface area is 210 Å². The first-order valence-corrected chi connectivity index (χ1v) is 13.6. The molecular weight excluding hydrogens is 488 g/mol. The molecule has 1 aromatic carbocycles. The van der Waals surface area contributed by atoms with E-state index >= 15 is 0 Å². The lowest BCUT2D eigenvalue weighted by molar-refractivity contribution is 0.131. The maximum atomic E-state index is 11.9. The number of aryl methyl sites for hydroxylation is 1. The van der Waals surface area contributed by atoms with Gasteiger partial charge in [0.15, 0.2) is 5.82 Å². The summed E-state index contributed by atoms with van der Waals surface area (Å²) in [6.07, 6.45) is 7.03. The Bertz CT molecular complexity index is 1360. The van der Waals surface area contributed by atoms with Crippen molar-refractivity contribution in [2.24, 2.45) is 7.05 Å². The van der Waals surface area contributed by atoms with Crippen LogP contribution >= 0.6 is 11.6 Å². The van der Waals surface area contributed by atoms with Gasteiger partial charge in [0.1, 0.15) is 6.10 Å². The van der Waals surface area contributed by atoms with Crippen LogP contribution in [0.4, 0.5) is 0 Å². The molecule has 1 saturated heterocycles. The van der Waals surface area contributed by atoms with Crippen LogP contribution in [0.3, 0.4) is 0 Å². The molecule has 3 heterocycles. The Morgan fingerprint density at radius 1 is 1.26 bits per heavy atom. The average molecular weight is 517 g/mol. The van der Waals surface area contributed by atoms with E-state index in [2.05, 4.69) is 5.32 Å². The average Bonchev–Trinajstić information content (AvgIpc) is 3.24. The summed E-state index contributed by atoms with van der Waals surface area (Å²) in [5.41, 5.74) is 2.36. The third kappa shape index (κ3) is 5.66. The van der Waals surface area contributed by atoms with Crippen LogP contribution in [-0.2, 0) is 17.1 Å². The number of hydrogen-bond acceptors (Lipinski definition) is 7. The SMILES string of the molecule is C[C@H](N/C(=C/C=N)c1cccn1C)c1nc(OC2CCN(S(C)(=O)=O)CC2)c2c(Cl)cccc2n1. The molecule has 4 rings (SSSR count). The lowest BCUT2D eigenvalue weighted by atomic mass is 10.1. The first-order valence-electron chi connectivity index (χ1n) is 11.3. The molecule has 0 bridgehead atoms. The van der Waals surface area contributed by atoms with Gasteiger partial charge in [0, 0.05) is 32.5 Å². The number of ether oxygens (including phenoxy) is 1. The van der Waals surface area contributed by atoms with Crippen molar-refractivity contribution >= 4 is 44.4 Å². The number of aromatic nitrogens is 3. The summed E-state index contributed by atoms with van der Waals surface area (Å²) < 4.78 is 33.4. The van der Waals surface area contributed by atoms with Crippen LogP contribution in [0.5, 0.6) is 5.88 Å². The van der Waals surface area contributed by atoms with Crippen LogP contribution < -0.4 is 10.1 Å². The van der Waals surface area contributed by atoms with Gasteiger partial charge >= 0.3 is 0 Å². The van der Waals surface area contributed by atoms with Crippen LogP contribution in [-0.4, -0.2) is 58.9 Å². The van der Waals surface area contributed by atoms with Crippen LogP contribution in [0, 0.1) is 5.41 Å². The lowest BCUT2D eigenvalue weighted by Crippen LogP contribution is -2.41. The number of rotatable bonds is 8. The van der Waals surface area contributed by atoms with Gasteiger partial charge in [-0.3, -0.25) is 0 Å². The quantitative estimate of drug-likeness (QED) is 0.441. The number of nitrogens with zero attached hydrogens (tertiary/aromatic N) is 4. The second kappa shape index (κ2) is 10.3. The summed E-state index contributed by atoms with van der Waals surface area (Å²) in [5.74, 6) is 0.909. The molecule has 0 radical (unpaired) electrons. The highest BCUT2D eigenvalue weighted by molar-refractivity contribution is 7.88. The van der Waals surface area contributed by atoms with E-state index < -0.39 is 10.0 Å². The minimum absolute atomic E-state index is 0.185. The highest BCUT2D eigenvalue weighted by atomic mass is 35.5. The highest BCUT2D eigenvalue weighted by Crippen LogP contribution is 2.33. The van der Waals surface area contributed by atoms with E-state index in [1.807, 2.05) is 49.0 Å². The first kappa shape index (κ1) is 25.2. The van der Waals surface area contributed by atoms with Crippen molar-refractivity contribution in [1.29, 1.82) is 5.41 Å². The van der Waals surface area contributed by atoms with E-state index in [0.29, 0.717) is 53.6 Å². The van der Waals surface area contributed by atoms with Gasteiger partial charge in [-0.15, -0.1) is 0 Å². The van der Waals surface area contributed by atoms with E-state index in [-0.39, 0.29) is 12.1 Å². The van der Waals surface area contributed by atoms with Crippen molar-refractivity contribution in [2.75, 3.05) is 19.3 Å². The Hall–Kier alpha value is -2.95. The second-order valence-corrected chi connectivity index (χ2v) is 11.0. The summed E-state index contributed by atoms with van der Waals surface area (Å²) in [6, 6.07) is 9.08. The van der Waals surface area contributed by atoms with E-state index in [1.165, 1.54) is 16.8 Å². The van der Waals surface area contributed by atoms with Gasteiger partial charge in [-0.1, -0.05) is 17.7 Å². The zero-order valence-electron chi connectivity index (χ0n) is 19.9. The molecule has 1 fully saturated rings. The number of benzene rings is 1. The zero-order chi connectivity index (χ0) is 25.2. The summed E-state index contributed by atoms with van der Waals surface area (Å²) in [6.45, 7) is 2.75. The fourth-order valence-electron chi connectivity index (χ4n) is 4.17. The molecular formula is C24H29ClN6O3S. The van der Waals surface area contributed by atoms with E-state index in [0.717, 1.165) is 11.4 Å². The minimum atomic E-state index is -3.22. The smallest absolute Gasteiger partial charge is 0.226 e. The molecule has 9 nitrogen and oxygen atoms in total. The van der Waals surface area contributed by atoms with Gasteiger partial charge in [-0.2, -0.15) is 4.98 Å². The molecule has 0 unspecified atom stereocenters. The molecule has 1 aliphatic heterocycles. The Morgan fingerprint density at radius 2 is 2.00 bits per heavy atom. The standard InChI is InChI=1S/C24H29ClN6O3S/c1-16(27-19(9-12-26)21-8-5-13-30(21)2)23-28-20-7-4-6-18(25)22(20)24(29-23)34-17-10-14-31(15-11-17)35(3,32)33/h4-9,12-13,16-17,26-27H,10-11,14-15H2,1-3H3/b19-9+,26-12?/t16-/m0/s1. The number of sulfonamides is 1. The van der Waals surface area contributed by atoms with E-state index in [4.69, 9.17) is 31.7 Å². The maximum absolute atomic E-state index is 11.9. The zero-order valence-corrected chi connectivity index (χ0v) is 21.5. The number of hydrogen-bond donors (Lipinski definition) is 2. The minimum Gasteiger partial charge on any atom is -0.474 e. The van der Waals surface area contributed by atoms with Gasteiger partial charge in [0.2, 0.25) is 15.9 Å². The monoisotopic (exact) mass is 516 g/mol. The van der Waals surface area contributed by atoms with Crippen molar-refractivity contribution in [3.05, 3.63) is 59.1 Å². The number of halogens is 1. The van der Waals surface area contributed by atoms with Crippen molar-refractivity contribution < 1.29 is 13.2 Å². The number of nitrogens with one attached hydrogen (secondary N) is 2. The molecule has 0 aliphatic carbocycles. The normalized spacial score (nSPS) is 16.9. The summed E-state index contributed by atoms with van der Waals surface area (Å²) in [5, 5.41) is 12.1. The predicted molar refractivity (Wildman–Crippen MR) is 138 cm³/mol. The Balaban J connectivity index is 1.63. The van der Waals surface area contributed by atoms with Crippen molar-refractivity contribution in [3.63, 3.8) is 0 Å². The molecule has 11 heteroatoms. The predicted octanol–water partition coefficient (Wildman–Crippen LogP) is 3.77. The fraction of sp³-hybridized carbons (Fsp3) is 0.375. The van der Waals surface area contributed by atoms with Crippen LogP contribution in [0.2, 0.25) is 5.02 Å². The third-order valence-electron chi connectivity index (χ3n) is 6.03. The molecule has 186 valence electrons. The van der Waals surface area contributed by atoms with Crippen LogP contribution in [0.1, 0.15) is 37.3 Å². The molecule has 0 saturated carbocycles. The largest absolute Gasteiger partial charge is 0.474 e. The van der Waals surface area contributed by atoms with Crippen molar-refractivity contribution in [3.8, 4) is 5.88 Å². The van der Waals surface area contributed by atoms with Gasteiger partial charge in [0.05, 0.1) is 39.6 Å². The van der Waals surface area contributed by atoms with Crippen LogP contribution in [0.25, 0.3) is 16.6 Å². The number of fused-ring (bicyclic) bond motifs is 1. The summed E-state index contributed by atoms with van der Waals surface area (Å²) in [4.78, 5) is 9.47. The Morgan fingerprint density at radius 3 is 2.63 bits per heavy atom. The molecule has 0 spiro atoms. The van der Waals surface area contributed by atoms with Crippen molar-refractivity contribution in [2.45, 2.75) is 31.9 Å².